The van der Waals surface area contributed by atoms with E-state index in [4.69, 9.17) is 4.42 Å². The summed E-state index contributed by atoms with van der Waals surface area (Å²) in [5.74, 6) is 0.856. The monoisotopic (exact) mass is 242 g/mol. The molecular weight excluding hydrogens is 228 g/mol. The Hall–Kier alpha value is -2.10. The third-order valence-corrected chi connectivity index (χ3v) is 3.06. The average molecular weight is 242 g/mol. The Morgan fingerprint density at radius 1 is 1.39 bits per heavy atom. The first-order chi connectivity index (χ1) is 8.74. The van der Waals surface area contributed by atoms with Gasteiger partial charge in [0.15, 0.2) is 5.76 Å². The second kappa shape index (κ2) is 4.29. The van der Waals surface area contributed by atoms with Gasteiger partial charge in [0.05, 0.1) is 0 Å². The van der Waals surface area contributed by atoms with Crippen LogP contribution in [0.25, 0.3) is 11.0 Å². The standard InChI is InChI=1S/C14H14N2O2/c1-9(15-16-14(17)10-6-7-10)13-8-11-4-2-3-5-12(11)18-13/h2-5,8,10H,6-7H2,1H3,(H,16,17)/b15-9+. The number of amides is 1. The highest BCUT2D eigenvalue weighted by Crippen LogP contribution is 2.28. The van der Waals surface area contributed by atoms with Crippen LogP contribution in [0.4, 0.5) is 0 Å². The van der Waals surface area contributed by atoms with E-state index in [9.17, 15) is 4.79 Å². The molecule has 1 amide bonds. The number of fused-ring (bicyclic) bond motifs is 1. The number of para-hydroxylation sites is 1. The van der Waals surface area contributed by atoms with Gasteiger partial charge in [-0.15, -0.1) is 0 Å². The van der Waals surface area contributed by atoms with Crippen molar-refractivity contribution in [2.45, 2.75) is 19.8 Å². The molecule has 0 bridgehead atoms. The molecule has 92 valence electrons. The third-order valence-electron chi connectivity index (χ3n) is 3.06. The van der Waals surface area contributed by atoms with Gasteiger partial charge in [-0.25, -0.2) is 5.43 Å². The van der Waals surface area contributed by atoms with Crippen LogP contribution in [-0.2, 0) is 4.79 Å². The molecule has 0 unspecified atom stereocenters. The summed E-state index contributed by atoms with van der Waals surface area (Å²) in [7, 11) is 0. The quantitative estimate of drug-likeness (QED) is 0.664. The highest BCUT2D eigenvalue weighted by atomic mass is 16.3. The molecule has 1 heterocycles. The number of carbonyl (C=O) groups excluding carboxylic acids is 1. The van der Waals surface area contributed by atoms with Crippen molar-refractivity contribution in [1.29, 1.82) is 0 Å². The Morgan fingerprint density at radius 3 is 2.89 bits per heavy atom. The van der Waals surface area contributed by atoms with Crippen molar-refractivity contribution >= 4 is 22.6 Å². The smallest absolute Gasteiger partial charge is 0.243 e. The molecule has 1 N–H and O–H groups in total. The summed E-state index contributed by atoms with van der Waals surface area (Å²) in [6, 6.07) is 9.71. The lowest BCUT2D eigenvalue weighted by atomic mass is 10.2. The number of rotatable bonds is 3. The lowest BCUT2D eigenvalue weighted by Crippen LogP contribution is -2.20. The Labute approximate surface area is 105 Å². The zero-order valence-corrected chi connectivity index (χ0v) is 10.1. The van der Waals surface area contributed by atoms with Crippen molar-refractivity contribution in [2.24, 2.45) is 11.0 Å². The Balaban J connectivity index is 1.79. The fourth-order valence-electron chi connectivity index (χ4n) is 1.79. The maximum atomic E-state index is 11.5. The van der Waals surface area contributed by atoms with Crippen LogP contribution in [0.2, 0.25) is 0 Å². The zero-order chi connectivity index (χ0) is 12.5. The number of nitrogens with one attached hydrogen (secondary N) is 1. The molecule has 1 aromatic carbocycles. The van der Waals surface area contributed by atoms with Crippen LogP contribution in [0.15, 0.2) is 39.9 Å². The molecule has 18 heavy (non-hydrogen) atoms. The van der Waals surface area contributed by atoms with E-state index in [1.54, 1.807) is 0 Å². The van der Waals surface area contributed by atoms with Gasteiger partial charge in [-0.3, -0.25) is 4.79 Å². The third kappa shape index (κ3) is 2.14. The molecule has 1 aliphatic carbocycles. The van der Waals surface area contributed by atoms with Gasteiger partial charge in [0.2, 0.25) is 5.91 Å². The largest absolute Gasteiger partial charge is 0.455 e. The van der Waals surface area contributed by atoms with Crippen molar-refractivity contribution < 1.29 is 9.21 Å². The second-order valence-electron chi connectivity index (χ2n) is 4.60. The fraction of sp³-hybridized carbons (Fsp3) is 0.286. The SMILES string of the molecule is C/C(=N\NC(=O)C1CC1)c1cc2ccccc2o1. The van der Waals surface area contributed by atoms with Crippen LogP contribution in [-0.4, -0.2) is 11.6 Å². The van der Waals surface area contributed by atoms with Crippen molar-refractivity contribution in [3.63, 3.8) is 0 Å². The van der Waals surface area contributed by atoms with E-state index in [0.717, 1.165) is 23.8 Å². The minimum atomic E-state index is 0.00506. The van der Waals surface area contributed by atoms with Gasteiger partial charge >= 0.3 is 0 Å². The Morgan fingerprint density at radius 2 is 2.17 bits per heavy atom. The highest BCUT2D eigenvalue weighted by molar-refractivity contribution is 6.00. The Kier molecular flexibility index (Phi) is 2.63. The van der Waals surface area contributed by atoms with Gasteiger partial charge in [0.25, 0.3) is 0 Å². The van der Waals surface area contributed by atoms with E-state index < -0.39 is 0 Å². The second-order valence-corrected chi connectivity index (χ2v) is 4.60. The number of nitrogens with zero attached hydrogens (tertiary/aromatic N) is 1. The van der Waals surface area contributed by atoms with Crippen molar-refractivity contribution in [2.75, 3.05) is 0 Å². The predicted molar refractivity (Wildman–Crippen MR) is 69.3 cm³/mol. The molecule has 0 atom stereocenters. The lowest BCUT2D eigenvalue weighted by molar-refractivity contribution is -0.122. The summed E-state index contributed by atoms with van der Waals surface area (Å²) in [5, 5.41) is 5.11. The van der Waals surface area contributed by atoms with E-state index in [2.05, 4.69) is 10.5 Å². The first kappa shape index (κ1) is 11.0. The van der Waals surface area contributed by atoms with Gasteiger partial charge in [0.1, 0.15) is 11.3 Å². The van der Waals surface area contributed by atoms with Crippen molar-refractivity contribution in [1.82, 2.24) is 5.43 Å². The van der Waals surface area contributed by atoms with E-state index in [1.165, 1.54) is 0 Å². The number of hydrogen-bond donors (Lipinski definition) is 1. The van der Waals surface area contributed by atoms with E-state index in [0.29, 0.717) is 11.5 Å². The summed E-state index contributed by atoms with van der Waals surface area (Å²) < 4.78 is 5.66. The molecule has 1 aromatic heterocycles. The van der Waals surface area contributed by atoms with Crippen LogP contribution in [0, 0.1) is 5.92 Å². The fourth-order valence-corrected chi connectivity index (χ4v) is 1.79. The number of hydrogen-bond acceptors (Lipinski definition) is 3. The first-order valence-corrected chi connectivity index (χ1v) is 6.07. The van der Waals surface area contributed by atoms with E-state index in [1.807, 2.05) is 37.3 Å². The van der Waals surface area contributed by atoms with Crippen molar-refractivity contribution in [3.05, 3.63) is 36.1 Å². The van der Waals surface area contributed by atoms with E-state index in [-0.39, 0.29) is 11.8 Å². The maximum absolute atomic E-state index is 11.5. The highest BCUT2D eigenvalue weighted by Gasteiger charge is 2.29. The number of carbonyl (C=O) groups is 1. The summed E-state index contributed by atoms with van der Waals surface area (Å²) in [4.78, 5) is 11.5. The number of furan rings is 1. The molecule has 0 saturated heterocycles. The van der Waals surface area contributed by atoms with Crippen LogP contribution in [0.5, 0.6) is 0 Å². The predicted octanol–water partition coefficient (Wildman–Crippen LogP) is 2.68. The first-order valence-electron chi connectivity index (χ1n) is 6.07. The molecule has 4 heteroatoms. The molecule has 1 saturated carbocycles. The Bertz CT molecular complexity index is 591. The van der Waals surface area contributed by atoms with Crippen LogP contribution in [0.3, 0.4) is 0 Å². The summed E-state index contributed by atoms with van der Waals surface area (Å²) >= 11 is 0. The topological polar surface area (TPSA) is 54.6 Å². The van der Waals surface area contributed by atoms with Gasteiger partial charge in [-0.1, -0.05) is 18.2 Å². The zero-order valence-electron chi connectivity index (χ0n) is 10.1. The molecule has 3 rings (SSSR count). The molecule has 0 aliphatic heterocycles. The molecule has 4 nitrogen and oxygen atoms in total. The molecule has 1 fully saturated rings. The lowest BCUT2D eigenvalue weighted by Gasteiger charge is -1.98. The van der Waals surface area contributed by atoms with Crippen LogP contribution >= 0.6 is 0 Å². The van der Waals surface area contributed by atoms with Crippen molar-refractivity contribution in [3.8, 4) is 0 Å². The van der Waals surface area contributed by atoms with Gasteiger partial charge in [0, 0.05) is 11.3 Å². The molecule has 2 aromatic rings. The van der Waals surface area contributed by atoms with E-state index >= 15 is 0 Å². The molecular formula is C14H14N2O2. The maximum Gasteiger partial charge on any atom is 0.243 e. The molecule has 0 spiro atoms. The van der Waals surface area contributed by atoms with Crippen LogP contribution < -0.4 is 5.43 Å². The van der Waals surface area contributed by atoms with Crippen LogP contribution in [0.1, 0.15) is 25.5 Å². The molecule has 0 radical (unpaired) electrons. The minimum absolute atomic E-state index is 0.00506. The normalized spacial score (nSPS) is 15.9. The molecule has 1 aliphatic rings. The number of hydrazone groups is 1. The average Bonchev–Trinajstić information content (AvgIpc) is 3.14. The summed E-state index contributed by atoms with van der Waals surface area (Å²) in [5.41, 5.74) is 4.09. The summed E-state index contributed by atoms with van der Waals surface area (Å²) in [6.45, 7) is 1.82. The minimum Gasteiger partial charge on any atom is -0.455 e. The van der Waals surface area contributed by atoms with Gasteiger partial charge < -0.3 is 4.42 Å². The van der Waals surface area contributed by atoms with Gasteiger partial charge in [-0.05, 0) is 31.9 Å². The summed E-state index contributed by atoms with van der Waals surface area (Å²) in [6.07, 6.45) is 1.95. The van der Waals surface area contributed by atoms with Gasteiger partial charge in [-0.2, -0.15) is 5.10 Å². The number of benzene rings is 1.